The Hall–Kier alpha value is -1.84. The number of rotatable bonds is 5. The Morgan fingerprint density at radius 1 is 1.37 bits per heavy atom. The van der Waals surface area contributed by atoms with Gasteiger partial charge in [-0.1, -0.05) is 19.8 Å². The summed E-state index contributed by atoms with van der Waals surface area (Å²) < 4.78 is 1.64. The largest absolute Gasteiger partial charge is 0.475 e. The molecule has 1 N–H and O–H groups in total. The molecule has 0 spiro atoms. The minimum Gasteiger partial charge on any atom is -0.475 e. The Balaban J connectivity index is 2.42. The lowest BCUT2D eigenvalue weighted by Gasteiger charge is -2.06. The van der Waals surface area contributed by atoms with Gasteiger partial charge in [-0.3, -0.25) is 0 Å². The van der Waals surface area contributed by atoms with Crippen LogP contribution < -0.4 is 0 Å². The van der Waals surface area contributed by atoms with Gasteiger partial charge in [0.05, 0.1) is 11.0 Å². The van der Waals surface area contributed by atoms with Crippen molar-refractivity contribution in [1.82, 2.24) is 9.55 Å². The highest BCUT2D eigenvalue weighted by Gasteiger charge is 2.15. The first kappa shape index (κ1) is 13.6. The zero-order valence-corrected chi connectivity index (χ0v) is 11.7. The molecule has 0 aliphatic carbocycles. The van der Waals surface area contributed by atoms with Crippen LogP contribution in [0.5, 0.6) is 0 Å². The number of hydrogen-bond donors (Lipinski definition) is 1. The normalized spacial score (nSPS) is 11.1. The maximum Gasteiger partial charge on any atom is 0.372 e. The SMILES string of the molecule is CCCCCc1cc2nc(C(=O)O)n(C)c2cc1C. The zero-order chi connectivity index (χ0) is 14.0. The molecule has 0 saturated heterocycles. The fourth-order valence-corrected chi connectivity index (χ4v) is 2.41. The van der Waals surface area contributed by atoms with Gasteiger partial charge in [0.15, 0.2) is 0 Å². The third-order valence-corrected chi connectivity index (χ3v) is 3.58. The molecule has 1 aromatic heterocycles. The summed E-state index contributed by atoms with van der Waals surface area (Å²) in [6.45, 7) is 4.27. The molecule has 0 atom stereocenters. The maximum atomic E-state index is 11.1. The quantitative estimate of drug-likeness (QED) is 0.839. The molecule has 102 valence electrons. The van der Waals surface area contributed by atoms with Gasteiger partial charge in [-0.15, -0.1) is 0 Å². The lowest BCUT2D eigenvalue weighted by Crippen LogP contribution is -2.05. The lowest BCUT2D eigenvalue weighted by atomic mass is 10.0. The number of benzene rings is 1. The van der Waals surface area contributed by atoms with Gasteiger partial charge in [0.25, 0.3) is 0 Å². The van der Waals surface area contributed by atoms with Gasteiger partial charge in [-0.25, -0.2) is 9.78 Å². The monoisotopic (exact) mass is 260 g/mol. The third kappa shape index (κ3) is 2.62. The van der Waals surface area contributed by atoms with Gasteiger partial charge in [0, 0.05) is 7.05 Å². The van der Waals surface area contributed by atoms with Crippen molar-refractivity contribution in [3.05, 3.63) is 29.1 Å². The maximum absolute atomic E-state index is 11.1. The molecule has 4 heteroatoms. The minimum absolute atomic E-state index is 0.0973. The van der Waals surface area contributed by atoms with Crippen molar-refractivity contribution in [2.75, 3.05) is 0 Å². The molecule has 1 aromatic carbocycles. The molecule has 0 unspecified atom stereocenters. The molecule has 0 fully saturated rings. The van der Waals surface area contributed by atoms with E-state index in [1.165, 1.54) is 30.4 Å². The standard InChI is InChI=1S/C15H20N2O2/c1-4-5-6-7-11-9-12-13(8-10(11)2)17(3)14(16-12)15(18)19/h8-9H,4-7H2,1-3H3,(H,18,19). The Morgan fingerprint density at radius 2 is 2.11 bits per heavy atom. The summed E-state index contributed by atoms with van der Waals surface area (Å²) in [6, 6.07) is 4.07. The Kier molecular flexibility index (Phi) is 3.88. The molecule has 0 aliphatic heterocycles. The number of carboxylic acid groups (broad SMARTS) is 1. The molecular formula is C15H20N2O2. The molecule has 0 amide bonds. The first-order valence-corrected chi connectivity index (χ1v) is 6.73. The zero-order valence-electron chi connectivity index (χ0n) is 11.7. The van der Waals surface area contributed by atoms with Gasteiger partial charge in [-0.05, 0) is 43.0 Å². The van der Waals surface area contributed by atoms with Gasteiger partial charge in [0.2, 0.25) is 5.82 Å². The van der Waals surface area contributed by atoms with E-state index in [-0.39, 0.29) is 5.82 Å². The van der Waals surface area contributed by atoms with E-state index in [0.29, 0.717) is 0 Å². The Labute approximate surface area is 113 Å². The van der Waals surface area contributed by atoms with Crippen LogP contribution in [0.25, 0.3) is 11.0 Å². The summed E-state index contributed by atoms with van der Waals surface area (Å²) in [5, 5.41) is 9.10. The summed E-state index contributed by atoms with van der Waals surface area (Å²) in [7, 11) is 1.75. The van der Waals surface area contributed by atoms with E-state index in [9.17, 15) is 4.79 Å². The summed E-state index contributed by atoms with van der Waals surface area (Å²) in [5.74, 6) is -0.885. The van der Waals surface area contributed by atoms with E-state index in [4.69, 9.17) is 5.11 Å². The van der Waals surface area contributed by atoms with Crippen LogP contribution in [0.4, 0.5) is 0 Å². The number of unbranched alkanes of at least 4 members (excludes halogenated alkanes) is 2. The van der Waals surface area contributed by atoms with Crippen LogP contribution in [-0.2, 0) is 13.5 Å². The molecule has 19 heavy (non-hydrogen) atoms. The van der Waals surface area contributed by atoms with E-state index < -0.39 is 5.97 Å². The second-order valence-electron chi connectivity index (χ2n) is 5.02. The molecule has 1 heterocycles. The smallest absolute Gasteiger partial charge is 0.372 e. The van der Waals surface area contributed by atoms with Crippen molar-refractivity contribution in [2.24, 2.45) is 7.05 Å². The Bertz CT molecular complexity index is 614. The van der Waals surface area contributed by atoms with Crippen LogP contribution in [0, 0.1) is 6.92 Å². The van der Waals surface area contributed by atoms with E-state index in [0.717, 1.165) is 17.5 Å². The van der Waals surface area contributed by atoms with Gasteiger partial charge < -0.3 is 9.67 Å². The van der Waals surface area contributed by atoms with Crippen molar-refractivity contribution >= 4 is 17.0 Å². The number of aryl methyl sites for hydroxylation is 3. The number of nitrogens with zero attached hydrogens (tertiary/aromatic N) is 2. The fourth-order valence-electron chi connectivity index (χ4n) is 2.41. The van der Waals surface area contributed by atoms with Crippen molar-refractivity contribution in [1.29, 1.82) is 0 Å². The molecule has 4 nitrogen and oxygen atoms in total. The number of carbonyl (C=O) groups is 1. The Morgan fingerprint density at radius 3 is 2.74 bits per heavy atom. The fraction of sp³-hybridized carbons (Fsp3) is 0.467. The lowest BCUT2D eigenvalue weighted by molar-refractivity contribution is 0.0680. The number of aromatic nitrogens is 2. The van der Waals surface area contributed by atoms with E-state index >= 15 is 0 Å². The summed E-state index contributed by atoms with van der Waals surface area (Å²) >= 11 is 0. The molecule has 0 saturated carbocycles. The number of aromatic carboxylic acids is 1. The number of hydrogen-bond acceptors (Lipinski definition) is 2. The van der Waals surface area contributed by atoms with Gasteiger partial charge >= 0.3 is 5.97 Å². The van der Waals surface area contributed by atoms with E-state index in [1.807, 2.05) is 12.1 Å². The highest BCUT2D eigenvalue weighted by molar-refractivity contribution is 5.90. The van der Waals surface area contributed by atoms with Gasteiger partial charge in [0.1, 0.15) is 0 Å². The molecule has 0 bridgehead atoms. The van der Waals surface area contributed by atoms with Crippen molar-refractivity contribution < 1.29 is 9.90 Å². The van der Waals surface area contributed by atoms with Gasteiger partial charge in [-0.2, -0.15) is 0 Å². The predicted octanol–water partition coefficient (Wildman–Crippen LogP) is 3.31. The summed E-state index contributed by atoms with van der Waals surface area (Å²) in [6.07, 6.45) is 4.63. The van der Waals surface area contributed by atoms with Crippen LogP contribution >= 0.6 is 0 Å². The van der Waals surface area contributed by atoms with Crippen molar-refractivity contribution in [2.45, 2.75) is 39.5 Å². The highest BCUT2D eigenvalue weighted by Crippen LogP contribution is 2.22. The first-order valence-electron chi connectivity index (χ1n) is 6.73. The second-order valence-corrected chi connectivity index (χ2v) is 5.02. The molecular weight excluding hydrogens is 240 g/mol. The predicted molar refractivity (Wildman–Crippen MR) is 75.6 cm³/mol. The van der Waals surface area contributed by atoms with E-state index in [2.05, 4.69) is 18.8 Å². The third-order valence-electron chi connectivity index (χ3n) is 3.58. The first-order chi connectivity index (χ1) is 9.04. The number of imidazole rings is 1. The number of carboxylic acids is 1. The topological polar surface area (TPSA) is 55.1 Å². The number of fused-ring (bicyclic) bond motifs is 1. The molecule has 2 rings (SSSR count). The van der Waals surface area contributed by atoms with Crippen LogP contribution in [0.2, 0.25) is 0 Å². The molecule has 0 aliphatic rings. The minimum atomic E-state index is -0.983. The highest BCUT2D eigenvalue weighted by atomic mass is 16.4. The van der Waals surface area contributed by atoms with Crippen molar-refractivity contribution in [3.8, 4) is 0 Å². The van der Waals surface area contributed by atoms with E-state index in [1.54, 1.807) is 11.6 Å². The molecule has 2 aromatic rings. The average molecular weight is 260 g/mol. The average Bonchev–Trinajstić information content (AvgIpc) is 2.67. The summed E-state index contributed by atoms with van der Waals surface area (Å²) in [5.41, 5.74) is 4.14. The van der Waals surface area contributed by atoms with Crippen molar-refractivity contribution in [3.63, 3.8) is 0 Å². The summed E-state index contributed by atoms with van der Waals surface area (Å²) in [4.78, 5) is 15.3. The van der Waals surface area contributed by atoms with Crippen LogP contribution in [0.15, 0.2) is 12.1 Å². The molecule has 0 radical (unpaired) electrons. The van der Waals surface area contributed by atoms with Crippen LogP contribution in [0.3, 0.4) is 0 Å². The van der Waals surface area contributed by atoms with Crippen LogP contribution in [0.1, 0.15) is 47.9 Å². The van der Waals surface area contributed by atoms with Crippen LogP contribution in [-0.4, -0.2) is 20.6 Å². The second kappa shape index (κ2) is 5.43.